The molecule has 0 heterocycles. The number of hydrogen-bond donors (Lipinski definition) is 1. The number of benzene rings is 1. The van der Waals surface area contributed by atoms with Crippen molar-refractivity contribution < 1.29 is 0 Å². The molecular formula is C15H22ClN. The van der Waals surface area contributed by atoms with Crippen LogP contribution in [0.1, 0.15) is 55.3 Å². The van der Waals surface area contributed by atoms with Crippen molar-refractivity contribution in [1.29, 1.82) is 0 Å². The molecule has 0 radical (unpaired) electrons. The highest BCUT2D eigenvalue weighted by atomic mass is 35.5. The van der Waals surface area contributed by atoms with Gasteiger partial charge in [-0.05, 0) is 54.9 Å². The van der Waals surface area contributed by atoms with E-state index in [9.17, 15) is 0 Å². The van der Waals surface area contributed by atoms with Crippen LogP contribution in [-0.4, -0.2) is 0 Å². The van der Waals surface area contributed by atoms with E-state index in [2.05, 4.69) is 26.8 Å². The molecule has 1 aliphatic carbocycles. The Kier molecular flexibility index (Phi) is 3.51. The normalized spacial score (nSPS) is 20.5. The third-order valence-electron chi connectivity index (χ3n) is 4.38. The Morgan fingerprint density at radius 1 is 1.18 bits per heavy atom. The predicted molar refractivity (Wildman–Crippen MR) is 74.4 cm³/mol. The van der Waals surface area contributed by atoms with Gasteiger partial charge < -0.3 is 5.73 Å². The predicted octanol–water partition coefficient (Wildman–Crippen LogP) is 4.54. The van der Waals surface area contributed by atoms with Gasteiger partial charge in [-0.25, -0.2) is 0 Å². The fourth-order valence-corrected chi connectivity index (χ4v) is 3.23. The summed E-state index contributed by atoms with van der Waals surface area (Å²) in [4.78, 5) is 0. The Bertz CT molecular complexity index is 419. The minimum Gasteiger partial charge on any atom is -0.323 e. The molecule has 94 valence electrons. The SMILES string of the molecule is Cc1cc(C(N)C2(C)CCCC2)c(C)cc1Cl. The third kappa shape index (κ3) is 2.36. The lowest BCUT2D eigenvalue weighted by molar-refractivity contribution is 0.265. The molecule has 0 aromatic heterocycles. The van der Waals surface area contributed by atoms with Crippen molar-refractivity contribution in [2.24, 2.45) is 11.1 Å². The number of hydrogen-bond acceptors (Lipinski definition) is 1. The molecule has 0 bridgehead atoms. The molecule has 2 heteroatoms. The molecule has 1 aliphatic rings. The van der Waals surface area contributed by atoms with Gasteiger partial charge in [-0.2, -0.15) is 0 Å². The summed E-state index contributed by atoms with van der Waals surface area (Å²) in [5, 5.41) is 0.843. The summed E-state index contributed by atoms with van der Waals surface area (Å²) in [6.07, 6.45) is 5.12. The first-order valence-corrected chi connectivity index (χ1v) is 6.84. The quantitative estimate of drug-likeness (QED) is 0.821. The molecular weight excluding hydrogens is 230 g/mol. The van der Waals surface area contributed by atoms with Crippen LogP contribution in [0, 0.1) is 19.3 Å². The van der Waals surface area contributed by atoms with Crippen LogP contribution in [0.15, 0.2) is 12.1 Å². The van der Waals surface area contributed by atoms with Crippen LogP contribution in [0.25, 0.3) is 0 Å². The van der Waals surface area contributed by atoms with Crippen molar-refractivity contribution in [2.75, 3.05) is 0 Å². The fourth-order valence-electron chi connectivity index (χ4n) is 3.01. The Balaban J connectivity index is 2.36. The van der Waals surface area contributed by atoms with Gasteiger partial charge in [0.1, 0.15) is 0 Å². The number of nitrogens with two attached hydrogens (primary N) is 1. The Morgan fingerprint density at radius 2 is 1.76 bits per heavy atom. The number of rotatable bonds is 2. The third-order valence-corrected chi connectivity index (χ3v) is 4.79. The van der Waals surface area contributed by atoms with Gasteiger partial charge in [-0.3, -0.25) is 0 Å². The maximum Gasteiger partial charge on any atom is 0.0438 e. The van der Waals surface area contributed by atoms with Gasteiger partial charge >= 0.3 is 0 Å². The fraction of sp³-hybridized carbons (Fsp3) is 0.600. The number of halogens is 1. The molecule has 2 N–H and O–H groups in total. The first-order chi connectivity index (χ1) is 7.94. The van der Waals surface area contributed by atoms with Crippen LogP contribution in [0.2, 0.25) is 5.02 Å². The zero-order valence-corrected chi connectivity index (χ0v) is 11.8. The highest BCUT2D eigenvalue weighted by molar-refractivity contribution is 6.31. The van der Waals surface area contributed by atoms with Crippen molar-refractivity contribution in [2.45, 2.75) is 52.5 Å². The Hall–Kier alpha value is -0.530. The summed E-state index contributed by atoms with van der Waals surface area (Å²) in [6, 6.07) is 4.36. The van der Waals surface area contributed by atoms with E-state index in [-0.39, 0.29) is 11.5 Å². The van der Waals surface area contributed by atoms with E-state index in [4.69, 9.17) is 17.3 Å². The van der Waals surface area contributed by atoms with E-state index in [0.29, 0.717) is 0 Å². The van der Waals surface area contributed by atoms with Crippen molar-refractivity contribution in [3.05, 3.63) is 33.8 Å². The van der Waals surface area contributed by atoms with Crippen LogP contribution in [0.3, 0.4) is 0 Å². The molecule has 1 fully saturated rings. The number of aryl methyl sites for hydroxylation is 2. The van der Waals surface area contributed by atoms with Crippen LogP contribution in [0.5, 0.6) is 0 Å². The summed E-state index contributed by atoms with van der Waals surface area (Å²) in [5.74, 6) is 0. The highest BCUT2D eigenvalue weighted by Gasteiger charge is 2.36. The minimum atomic E-state index is 0.140. The molecule has 1 saturated carbocycles. The zero-order chi connectivity index (χ0) is 12.6. The molecule has 0 saturated heterocycles. The monoisotopic (exact) mass is 251 g/mol. The van der Waals surface area contributed by atoms with Gasteiger partial charge in [-0.15, -0.1) is 0 Å². The van der Waals surface area contributed by atoms with Gasteiger partial charge in [0.05, 0.1) is 0 Å². The van der Waals surface area contributed by atoms with Crippen molar-refractivity contribution in [3.8, 4) is 0 Å². The van der Waals surface area contributed by atoms with Crippen molar-refractivity contribution >= 4 is 11.6 Å². The lowest BCUT2D eigenvalue weighted by Crippen LogP contribution is -2.30. The molecule has 1 atom stereocenters. The maximum absolute atomic E-state index is 6.51. The van der Waals surface area contributed by atoms with Crippen LogP contribution in [0.4, 0.5) is 0 Å². The summed E-state index contributed by atoms with van der Waals surface area (Å²) in [7, 11) is 0. The summed E-state index contributed by atoms with van der Waals surface area (Å²) in [6.45, 7) is 6.49. The standard InChI is InChI=1S/C15H22ClN/c1-10-9-13(16)11(2)8-12(10)14(17)15(3)6-4-5-7-15/h8-9,14H,4-7,17H2,1-3H3. The Morgan fingerprint density at radius 3 is 2.35 bits per heavy atom. The van der Waals surface area contributed by atoms with Crippen molar-refractivity contribution in [3.63, 3.8) is 0 Å². The van der Waals surface area contributed by atoms with Gasteiger partial charge in [0.2, 0.25) is 0 Å². The lowest BCUT2D eigenvalue weighted by Gasteiger charge is -2.32. The Labute approximate surface area is 109 Å². The topological polar surface area (TPSA) is 26.0 Å². The van der Waals surface area contributed by atoms with Gasteiger partial charge in [0, 0.05) is 11.1 Å². The smallest absolute Gasteiger partial charge is 0.0438 e. The van der Waals surface area contributed by atoms with Gasteiger partial charge in [0.25, 0.3) is 0 Å². The molecule has 0 amide bonds. The largest absolute Gasteiger partial charge is 0.323 e. The molecule has 1 unspecified atom stereocenters. The molecule has 2 rings (SSSR count). The van der Waals surface area contributed by atoms with Crippen LogP contribution < -0.4 is 5.73 Å². The zero-order valence-electron chi connectivity index (χ0n) is 11.0. The van der Waals surface area contributed by atoms with Crippen LogP contribution >= 0.6 is 11.6 Å². The van der Waals surface area contributed by atoms with Gasteiger partial charge in [-0.1, -0.05) is 37.4 Å². The molecule has 0 aliphatic heterocycles. The first-order valence-electron chi connectivity index (χ1n) is 6.46. The second-order valence-electron chi connectivity index (χ2n) is 5.80. The molecule has 1 aromatic rings. The van der Waals surface area contributed by atoms with E-state index < -0.39 is 0 Å². The lowest BCUT2D eigenvalue weighted by atomic mass is 9.76. The average molecular weight is 252 g/mol. The summed E-state index contributed by atoms with van der Waals surface area (Å²) >= 11 is 6.14. The minimum absolute atomic E-state index is 0.140. The molecule has 1 aromatic carbocycles. The molecule has 1 nitrogen and oxygen atoms in total. The first kappa shape index (κ1) is 12.9. The summed E-state index contributed by atoms with van der Waals surface area (Å²) < 4.78 is 0. The average Bonchev–Trinajstić information content (AvgIpc) is 2.71. The van der Waals surface area contributed by atoms with E-state index >= 15 is 0 Å². The maximum atomic E-state index is 6.51. The molecule has 17 heavy (non-hydrogen) atoms. The highest BCUT2D eigenvalue weighted by Crippen LogP contribution is 2.46. The van der Waals surface area contributed by atoms with Crippen molar-refractivity contribution in [1.82, 2.24) is 0 Å². The van der Waals surface area contributed by atoms with E-state index in [1.165, 1.54) is 36.8 Å². The van der Waals surface area contributed by atoms with E-state index in [1.807, 2.05) is 6.07 Å². The molecule has 0 spiro atoms. The second-order valence-corrected chi connectivity index (χ2v) is 6.20. The van der Waals surface area contributed by atoms with Gasteiger partial charge in [0.15, 0.2) is 0 Å². The summed E-state index contributed by atoms with van der Waals surface area (Å²) in [5.41, 5.74) is 10.4. The van der Waals surface area contributed by atoms with E-state index in [1.54, 1.807) is 0 Å². The van der Waals surface area contributed by atoms with Crippen LogP contribution in [-0.2, 0) is 0 Å². The second kappa shape index (κ2) is 4.62. The van der Waals surface area contributed by atoms with E-state index in [0.717, 1.165) is 10.6 Å².